The summed E-state index contributed by atoms with van der Waals surface area (Å²) in [6.45, 7) is -0.485. The maximum Gasteiger partial charge on any atom is 0.340 e. The lowest BCUT2D eigenvalue weighted by Crippen LogP contribution is -2.47. The summed E-state index contributed by atoms with van der Waals surface area (Å²) in [7, 11) is 0. The summed E-state index contributed by atoms with van der Waals surface area (Å²) in [5.41, 5.74) is -1.22. The molecule has 1 aromatic rings. The Morgan fingerprint density at radius 2 is 2.33 bits per heavy atom. The van der Waals surface area contributed by atoms with Crippen molar-refractivity contribution in [3.8, 4) is 0 Å². The number of halogens is 1. The summed E-state index contributed by atoms with van der Waals surface area (Å²) in [6, 6.07) is -0.290. The van der Waals surface area contributed by atoms with Crippen LogP contribution in [0.3, 0.4) is 0 Å². The van der Waals surface area contributed by atoms with E-state index >= 15 is 0 Å². The molecule has 1 aromatic heterocycles. The van der Waals surface area contributed by atoms with E-state index < -0.39 is 42.3 Å². The normalized spacial score (nSPS) is 23.0. The maximum absolute atomic E-state index is 11.9. The molecule has 0 radical (unpaired) electrons. The zero-order valence-electron chi connectivity index (χ0n) is 12.4. The number of aromatic amines is 1. The molecule has 3 atom stereocenters. The van der Waals surface area contributed by atoms with Crippen LogP contribution >= 0.6 is 11.6 Å². The Labute approximate surface area is 140 Å². The number of nitrogens with one attached hydrogen (secondary N) is 2. The van der Waals surface area contributed by atoms with Gasteiger partial charge in [-0.05, 0) is 0 Å². The number of hydrogen-bond donors (Lipinski definition) is 3. The van der Waals surface area contributed by atoms with Crippen LogP contribution in [-0.4, -0.2) is 56.9 Å². The standard InChI is InChI=1S/C12H16ClN5O6/c13-2-4-18(16-23)12(22)14-7-5-10(24-8(7)6-19)17-3-1-9(20)15-11(17)21/h1,3,7-8,10,19H,2,4-6H2,(H,14,22)(H,15,20,21)/t7-,8+,10+/m0/s1. The zero-order valence-corrected chi connectivity index (χ0v) is 13.2. The van der Waals surface area contributed by atoms with Crippen molar-refractivity contribution in [2.24, 2.45) is 5.29 Å². The molecule has 1 saturated heterocycles. The second kappa shape index (κ2) is 8.04. The number of hydrogen-bond acceptors (Lipinski definition) is 7. The monoisotopic (exact) mass is 361 g/mol. The van der Waals surface area contributed by atoms with Gasteiger partial charge in [-0.25, -0.2) is 9.59 Å². The number of carbonyl (C=O) groups excluding carboxylic acids is 1. The van der Waals surface area contributed by atoms with Crippen LogP contribution < -0.4 is 16.6 Å². The Hall–Kier alpha value is -2.24. The van der Waals surface area contributed by atoms with Crippen LogP contribution in [0.1, 0.15) is 12.6 Å². The smallest absolute Gasteiger partial charge is 0.340 e. The maximum atomic E-state index is 11.9. The molecule has 2 amide bonds. The van der Waals surface area contributed by atoms with Crippen molar-refractivity contribution in [2.45, 2.75) is 24.8 Å². The topological polar surface area (TPSA) is 146 Å². The fourth-order valence-electron chi connectivity index (χ4n) is 2.37. The highest BCUT2D eigenvalue weighted by Crippen LogP contribution is 2.27. The molecule has 0 spiro atoms. The third kappa shape index (κ3) is 3.99. The van der Waals surface area contributed by atoms with Crippen molar-refractivity contribution in [3.05, 3.63) is 38.0 Å². The van der Waals surface area contributed by atoms with Crippen LogP contribution in [-0.2, 0) is 4.74 Å². The van der Waals surface area contributed by atoms with Gasteiger partial charge in [-0.3, -0.25) is 14.3 Å². The number of nitrogens with zero attached hydrogens (tertiary/aromatic N) is 3. The van der Waals surface area contributed by atoms with E-state index in [0.717, 1.165) is 10.6 Å². The highest BCUT2D eigenvalue weighted by molar-refractivity contribution is 6.18. The third-order valence-corrected chi connectivity index (χ3v) is 3.68. The first kappa shape index (κ1) is 18.1. The minimum atomic E-state index is -0.790. The Morgan fingerprint density at radius 1 is 1.58 bits per heavy atom. The van der Waals surface area contributed by atoms with Gasteiger partial charge in [0.05, 0.1) is 24.5 Å². The van der Waals surface area contributed by atoms with Crippen LogP contribution in [0.25, 0.3) is 0 Å². The molecule has 1 fully saturated rings. The van der Waals surface area contributed by atoms with Gasteiger partial charge in [0.2, 0.25) is 0 Å². The van der Waals surface area contributed by atoms with Gasteiger partial charge in [0, 0.05) is 24.6 Å². The van der Waals surface area contributed by atoms with Crippen molar-refractivity contribution in [1.29, 1.82) is 0 Å². The number of carbonyl (C=O) groups is 1. The molecule has 0 bridgehead atoms. The Morgan fingerprint density at radius 3 is 2.92 bits per heavy atom. The van der Waals surface area contributed by atoms with Gasteiger partial charge in [-0.15, -0.1) is 16.5 Å². The summed E-state index contributed by atoms with van der Waals surface area (Å²) < 4.78 is 6.67. The van der Waals surface area contributed by atoms with Crippen LogP contribution in [0.4, 0.5) is 4.79 Å². The van der Waals surface area contributed by atoms with Crippen molar-refractivity contribution in [3.63, 3.8) is 0 Å². The quantitative estimate of drug-likeness (QED) is 0.340. The lowest BCUT2D eigenvalue weighted by Gasteiger charge is -2.20. The molecule has 11 nitrogen and oxygen atoms in total. The third-order valence-electron chi connectivity index (χ3n) is 3.52. The molecule has 1 aliphatic rings. The van der Waals surface area contributed by atoms with Crippen LogP contribution in [0.2, 0.25) is 0 Å². The number of amides is 2. The van der Waals surface area contributed by atoms with E-state index in [4.69, 9.17) is 16.3 Å². The summed E-state index contributed by atoms with van der Waals surface area (Å²) in [5.74, 6) is 0.0269. The number of rotatable bonds is 6. The number of alkyl halides is 1. The first-order valence-electron chi connectivity index (χ1n) is 7.05. The average Bonchev–Trinajstić information content (AvgIpc) is 2.94. The molecular weight excluding hydrogens is 346 g/mol. The molecule has 0 aliphatic carbocycles. The molecule has 2 heterocycles. The lowest BCUT2D eigenvalue weighted by molar-refractivity contribution is -0.0286. The number of nitroso groups, excluding NO2 is 1. The van der Waals surface area contributed by atoms with Gasteiger partial charge in [-0.1, -0.05) is 0 Å². The largest absolute Gasteiger partial charge is 0.394 e. The lowest BCUT2D eigenvalue weighted by atomic mass is 10.1. The van der Waals surface area contributed by atoms with Gasteiger partial charge in [0.25, 0.3) is 5.56 Å². The van der Waals surface area contributed by atoms with Crippen LogP contribution in [0.15, 0.2) is 27.1 Å². The predicted molar refractivity (Wildman–Crippen MR) is 82.5 cm³/mol. The van der Waals surface area contributed by atoms with Gasteiger partial charge in [-0.2, -0.15) is 5.01 Å². The molecule has 2 rings (SSSR count). The molecule has 24 heavy (non-hydrogen) atoms. The van der Waals surface area contributed by atoms with Gasteiger partial charge in [0.1, 0.15) is 12.3 Å². The molecule has 0 aromatic carbocycles. The SMILES string of the molecule is O=NN(CCCl)C(=O)N[C@H]1C[C@H](n2ccc(=O)[nH]c2=O)O[C@@H]1CO. The Balaban J connectivity index is 2.11. The average molecular weight is 362 g/mol. The first-order valence-corrected chi connectivity index (χ1v) is 7.58. The number of aromatic nitrogens is 2. The second-order valence-corrected chi connectivity index (χ2v) is 5.39. The van der Waals surface area contributed by atoms with Crippen LogP contribution in [0.5, 0.6) is 0 Å². The van der Waals surface area contributed by atoms with E-state index in [-0.39, 0.29) is 18.8 Å². The Bertz CT molecular complexity index is 706. The highest BCUT2D eigenvalue weighted by atomic mass is 35.5. The molecule has 3 N–H and O–H groups in total. The molecule has 0 unspecified atom stereocenters. The van der Waals surface area contributed by atoms with E-state index in [1.165, 1.54) is 6.20 Å². The minimum absolute atomic E-state index is 0.0269. The number of H-pyrrole nitrogens is 1. The number of urea groups is 1. The van der Waals surface area contributed by atoms with Crippen LogP contribution in [0, 0.1) is 4.91 Å². The molecule has 132 valence electrons. The fourth-order valence-corrected chi connectivity index (χ4v) is 2.53. The number of aliphatic hydroxyl groups is 1. The molecular formula is C12H16ClN5O6. The number of ether oxygens (including phenoxy) is 1. The molecule has 12 heteroatoms. The van der Waals surface area contributed by atoms with E-state index in [1.807, 2.05) is 0 Å². The summed E-state index contributed by atoms with van der Waals surface area (Å²) in [6.07, 6.45) is -0.168. The van der Waals surface area contributed by atoms with Gasteiger partial charge >= 0.3 is 11.7 Å². The minimum Gasteiger partial charge on any atom is -0.394 e. The van der Waals surface area contributed by atoms with Crippen molar-refractivity contribution in [2.75, 3.05) is 19.0 Å². The van der Waals surface area contributed by atoms with E-state index in [2.05, 4.69) is 15.6 Å². The van der Waals surface area contributed by atoms with Gasteiger partial charge < -0.3 is 15.2 Å². The first-order chi connectivity index (χ1) is 11.5. The summed E-state index contributed by atoms with van der Waals surface area (Å²) >= 11 is 5.47. The van der Waals surface area contributed by atoms with E-state index in [9.17, 15) is 24.4 Å². The highest BCUT2D eigenvalue weighted by Gasteiger charge is 2.38. The predicted octanol–water partition coefficient (Wildman–Crippen LogP) is -0.883. The van der Waals surface area contributed by atoms with Crippen molar-refractivity contribution >= 4 is 17.6 Å². The van der Waals surface area contributed by atoms with Crippen molar-refractivity contribution < 1.29 is 14.6 Å². The van der Waals surface area contributed by atoms with E-state index in [1.54, 1.807) is 0 Å². The van der Waals surface area contributed by atoms with E-state index in [0.29, 0.717) is 5.01 Å². The van der Waals surface area contributed by atoms with Gasteiger partial charge in [0.15, 0.2) is 0 Å². The Kier molecular flexibility index (Phi) is 6.06. The molecule has 0 saturated carbocycles. The zero-order chi connectivity index (χ0) is 17.7. The molecule has 1 aliphatic heterocycles. The summed E-state index contributed by atoms with van der Waals surface area (Å²) in [4.78, 5) is 47.5. The fraction of sp³-hybridized carbons (Fsp3) is 0.583. The summed E-state index contributed by atoms with van der Waals surface area (Å²) in [5, 5.41) is 15.1. The number of aliphatic hydroxyl groups excluding tert-OH is 1. The van der Waals surface area contributed by atoms with Crippen molar-refractivity contribution in [1.82, 2.24) is 19.9 Å². The second-order valence-electron chi connectivity index (χ2n) is 5.01.